The number of amides is 1. The Labute approximate surface area is 114 Å². The molecular weight excluding hydrogens is 252 g/mol. The molecule has 1 aromatic rings. The Bertz CT molecular complexity index is 355. The van der Waals surface area contributed by atoms with Crippen molar-refractivity contribution in [3.05, 3.63) is 35.4 Å². The Hall–Kier alpha value is -1.10. The molecular formula is C13H21ClN2O2. The molecule has 0 saturated carbocycles. The van der Waals surface area contributed by atoms with Gasteiger partial charge in [0, 0.05) is 18.7 Å². The maximum atomic E-state index is 11.7. The number of aliphatic hydroxyl groups is 1. The molecule has 0 aliphatic heterocycles. The number of nitrogens with two attached hydrogens (primary N) is 1. The van der Waals surface area contributed by atoms with Gasteiger partial charge in [0.05, 0.1) is 6.10 Å². The van der Waals surface area contributed by atoms with Crippen LogP contribution in [0.2, 0.25) is 0 Å². The van der Waals surface area contributed by atoms with Crippen molar-refractivity contribution in [1.82, 2.24) is 5.32 Å². The van der Waals surface area contributed by atoms with Gasteiger partial charge in [-0.25, -0.2) is 0 Å². The second-order valence-electron chi connectivity index (χ2n) is 4.01. The molecule has 1 rings (SSSR count). The first-order valence-corrected chi connectivity index (χ1v) is 5.92. The minimum atomic E-state index is -0.338. The molecule has 4 nitrogen and oxygen atoms in total. The van der Waals surface area contributed by atoms with Crippen LogP contribution in [0.1, 0.15) is 35.7 Å². The summed E-state index contributed by atoms with van der Waals surface area (Å²) in [6.07, 6.45) is 0.958. The average Bonchev–Trinajstić information content (AvgIpc) is 2.38. The Kier molecular flexibility index (Phi) is 8.37. The monoisotopic (exact) mass is 272 g/mol. The summed E-state index contributed by atoms with van der Waals surface area (Å²) < 4.78 is 0. The van der Waals surface area contributed by atoms with E-state index in [1.54, 1.807) is 12.1 Å². The normalized spacial score (nSPS) is 11.5. The number of hydrogen-bond acceptors (Lipinski definition) is 3. The molecule has 1 unspecified atom stereocenters. The summed E-state index contributed by atoms with van der Waals surface area (Å²) in [5, 5.41) is 12.1. The summed E-state index contributed by atoms with van der Waals surface area (Å²) >= 11 is 0. The molecule has 18 heavy (non-hydrogen) atoms. The first-order valence-electron chi connectivity index (χ1n) is 5.92. The number of benzene rings is 1. The molecule has 0 aliphatic rings. The summed E-state index contributed by atoms with van der Waals surface area (Å²) in [5.74, 6) is -0.114. The van der Waals surface area contributed by atoms with Crippen molar-refractivity contribution in [2.75, 3.05) is 6.54 Å². The molecule has 102 valence electrons. The minimum Gasteiger partial charge on any atom is -0.393 e. The molecule has 1 amide bonds. The number of rotatable bonds is 6. The van der Waals surface area contributed by atoms with Crippen LogP contribution in [-0.4, -0.2) is 23.7 Å². The summed E-state index contributed by atoms with van der Waals surface area (Å²) in [4.78, 5) is 11.7. The highest BCUT2D eigenvalue weighted by atomic mass is 35.5. The van der Waals surface area contributed by atoms with Gasteiger partial charge in [0.15, 0.2) is 0 Å². The fourth-order valence-corrected chi connectivity index (χ4v) is 1.45. The molecule has 0 aromatic heterocycles. The fraction of sp³-hybridized carbons (Fsp3) is 0.462. The fourth-order valence-electron chi connectivity index (χ4n) is 1.45. The molecule has 1 atom stereocenters. The summed E-state index contributed by atoms with van der Waals surface area (Å²) in [6.45, 7) is 2.88. The van der Waals surface area contributed by atoms with Crippen molar-refractivity contribution < 1.29 is 9.90 Å². The van der Waals surface area contributed by atoms with Crippen molar-refractivity contribution in [3.8, 4) is 0 Å². The summed E-state index contributed by atoms with van der Waals surface area (Å²) in [7, 11) is 0. The highest BCUT2D eigenvalue weighted by Crippen LogP contribution is 2.04. The van der Waals surface area contributed by atoms with Crippen LogP contribution in [0.15, 0.2) is 24.3 Å². The zero-order chi connectivity index (χ0) is 12.7. The lowest BCUT2D eigenvalue weighted by molar-refractivity contribution is 0.0942. The van der Waals surface area contributed by atoms with Crippen LogP contribution in [0.25, 0.3) is 0 Å². The van der Waals surface area contributed by atoms with Crippen molar-refractivity contribution in [3.63, 3.8) is 0 Å². The number of halogens is 1. The molecule has 0 radical (unpaired) electrons. The molecule has 0 fully saturated rings. The van der Waals surface area contributed by atoms with Crippen LogP contribution >= 0.6 is 12.4 Å². The molecule has 4 N–H and O–H groups in total. The third-order valence-corrected chi connectivity index (χ3v) is 2.69. The van der Waals surface area contributed by atoms with Crippen LogP contribution in [0.4, 0.5) is 0 Å². The van der Waals surface area contributed by atoms with E-state index in [1.165, 1.54) is 0 Å². The topological polar surface area (TPSA) is 75.3 Å². The van der Waals surface area contributed by atoms with Crippen LogP contribution in [-0.2, 0) is 6.54 Å². The molecule has 1 aromatic carbocycles. The van der Waals surface area contributed by atoms with Gasteiger partial charge in [-0.2, -0.15) is 0 Å². The number of aliphatic hydroxyl groups excluding tert-OH is 1. The Morgan fingerprint density at radius 2 is 2.00 bits per heavy atom. The van der Waals surface area contributed by atoms with Crippen molar-refractivity contribution in [2.24, 2.45) is 5.73 Å². The van der Waals surface area contributed by atoms with Gasteiger partial charge in [-0.05, 0) is 30.5 Å². The predicted molar refractivity (Wildman–Crippen MR) is 74.8 cm³/mol. The third kappa shape index (κ3) is 5.49. The highest BCUT2D eigenvalue weighted by Gasteiger charge is 2.06. The maximum absolute atomic E-state index is 11.7. The number of carbonyl (C=O) groups is 1. The lowest BCUT2D eigenvalue weighted by Gasteiger charge is -2.09. The van der Waals surface area contributed by atoms with Gasteiger partial charge in [-0.15, -0.1) is 12.4 Å². The molecule has 0 bridgehead atoms. The van der Waals surface area contributed by atoms with E-state index in [-0.39, 0.29) is 24.4 Å². The van der Waals surface area contributed by atoms with Gasteiger partial charge < -0.3 is 16.2 Å². The first-order chi connectivity index (χ1) is 8.17. The van der Waals surface area contributed by atoms with Crippen LogP contribution in [0.5, 0.6) is 0 Å². The minimum absolute atomic E-state index is 0. The largest absolute Gasteiger partial charge is 0.393 e. The Balaban J connectivity index is 0.00000289. The predicted octanol–water partition coefficient (Wildman–Crippen LogP) is 1.46. The van der Waals surface area contributed by atoms with Gasteiger partial charge in [-0.3, -0.25) is 4.79 Å². The lowest BCUT2D eigenvalue weighted by atomic mass is 10.1. The van der Waals surface area contributed by atoms with E-state index in [1.807, 2.05) is 19.1 Å². The number of nitrogens with one attached hydrogen (secondary N) is 1. The van der Waals surface area contributed by atoms with Crippen molar-refractivity contribution in [1.29, 1.82) is 0 Å². The average molecular weight is 273 g/mol. The standard InChI is InChI=1S/C13H20N2O2.ClH/c1-2-12(16)7-8-15-13(17)11-5-3-10(9-14)4-6-11;/h3-6,12,16H,2,7-9,14H2,1H3,(H,15,17);1H. The van der Waals surface area contributed by atoms with E-state index in [0.29, 0.717) is 31.5 Å². The van der Waals surface area contributed by atoms with E-state index in [9.17, 15) is 9.90 Å². The zero-order valence-electron chi connectivity index (χ0n) is 10.6. The highest BCUT2D eigenvalue weighted by molar-refractivity contribution is 5.94. The SMILES string of the molecule is CCC(O)CCNC(=O)c1ccc(CN)cc1.Cl. The molecule has 0 aliphatic carbocycles. The van der Waals surface area contributed by atoms with Gasteiger partial charge in [0.25, 0.3) is 5.91 Å². The summed E-state index contributed by atoms with van der Waals surface area (Å²) in [5.41, 5.74) is 7.10. The van der Waals surface area contributed by atoms with Crippen molar-refractivity contribution >= 4 is 18.3 Å². The van der Waals surface area contributed by atoms with E-state index in [2.05, 4.69) is 5.32 Å². The Morgan fingerprint density at radius 1 is 1.39 bits per heavy atom. The van der Waals surface area contributed by atoms with Gasteiger partial charge in [0.2, 0.25) is 0 Å². The van der Waals surface area contributed by atoms with Crippen LogP contribution in [0.3, 0.4) is 0 Å². The Morgan fingerprint density at radius 3 is 2.50 bits per heavy atom. The van der Waals surface area contributed by atoms with Gasteiger partial charge in [-0.1, -0.05) is 19.1 Å². The molecule has 5 heteroatoms. The smallest absolute Gasteiger partial charge is 0.251 e. The molecule has 0 saturated heterocycles. The number of hydrogen-bond donors (Lipinski definition) is 3. The summed E-state index contributed by atoms with van der Waals surface area (Å²) in [6, 6.07) is 7.20. The second-order valence-corrected chi connectivity index (χ2v) is 4.01. The van der Waals surface area contributed by atoms with Gasteiger partial charge in [0.1, 0.15) is 0 Å². The third-order valence-electron chi connectivity index (χ3n) is 2.69. The second kappa shape index (κ2) is 8.91. The van der Waals surface area contributed by atoms with Gasteiger partial charge >= 0.3 is 0 Å². The lowest BCUT2D eigenvalue weighted by Crippen LogP contribution is -2.27. The van der Waals surface area contributed by atoms with E-state index < -0.39 is 0 Å². The van der Waals surface area contributed by atoms with E-state index >= 15 is 0 Å². The van der Waals surface area contributed by atoms with E-state index in [4.69, 9.17) is 5.73 Å². The molecule has 0 spiro atoms. The maximum Gasteiger partial charge on any atom is 0.251 e. The van der Waals surface area contributed by atoms with Crippen molar-refractivity contribution in [2.45, 2.75) is 32.4 Å². The number of carbonyl (C=O) groups excluding carboxylic acids is 1. The zero-order valence-corrected chi connectivity index (χ0v) is 11.4. The molecule has 0 heterocycles. The van der Waals surface area contributed by atoms with Crippen LogP contribution in [0, 0.1) is 0 Å². The van der Waals surface area contributed by atoms with E-state index in [0.717, 1.165) is 5.56 Å². The van der Waals surface area contributed by atoms with Crippen LogP contribution < -0.4 is 11.1 Å². The quantitative estimate of drug-likeness (QED) is 0.734. The first kappa shape index (κ1) is 16.9.